The zero-order valence-electron chi connectivity index (χ0n) is 17.1. The minimum Gasteiger partial charge on any atom is -0.349 e. The molecule has 31 heavy (non-hydrogen) atoms. The van der Waals surface area contributed by atoms with Gasteiger partial charge in [-0.2, -0.15) is 8.42 Å². The van der Waals surface area contributed by atoms with Crippen LogP contribution >= 0.6 is 11.3 Å². The van der Waals surface area contributed by atoms with E-state index < -0.39 is 10.0 Å². The van der Waals surface area contributed by atoms with Crippen molar-refractivity contribution in [1.29, 1.82) is 0 Å². The number of carbonyl (C=O) groups is 1. The largest absolute Gasteiger partial charge is 0.349 e. The lowest BCUT2D eigenvalue weighted by molar-refractivity contribution is -0.135. The fourth-order valence-corrected chi connectivity index (χ4v) is 6.62. The van der Waals surface area contributed by atoms with Crippen LogP contribution < -0.4 is 0 Å². The van der Waals surface area contributed by atoms with Gasteiger partial charge in [-0.25, -0.2) is 4.98 Å². The number of sulfonamides is 1. The summed E-state index contributed by atoms with van der Waals surface area (Å²) in [6.45, 7) is 0.735. The van der Waals surface area contributed by atoms with Gasteiger partial charge in [0, 0.05) is 19.2 Å². The Bertz CT molecular complexity index is 1270. The van der Waals surface area contributed by atoms with Gasteiger partial charge in [0.05, 0.1) is 22.8 Å². The van der Waals surface area contributed by atoms with E-state index in [0.717, 1.165) is 34.5 Å². The van der Waals surface area contributed by atoms with Gasteiger partial charge in [0.15, 0.2) is 5.84 Å². The highest BCUT2D eigenvalue weighted by Crippen LogP contribution is 2.36. The van der Waals surface area contributed by atoms with E-state index in [1.807, 2.05) is 23.1 Å². The SMILES string of the molecule is CN(CC(=O)N1CCCC[C@H]1c1nc2ccccc2s1)C1=NS(=O)(=O)c2ccccc21. The zero-order chi connectivity index (χ0) is 21.6. The van der Waals surface area contributed by atoms with Crippen LogP contribution in [0, 0.1) is 0 Å². The molecule has 0 aliphatic carbocycles. The van der Waals surface area contributed by atoms with Gasteiger partial charge in [0.1, 0.15) is 9.90 Å². The van der Waals surface area contributed by atoms with Crippen molar-refractivity contribution >= 4 is 43.3 Å². The van der Waals surface area contributed by atoms with Crippen LogP contribution in [0.2, 0.25) is 0 Å². The number of likely N-dealkylation sites (tertiary alicyclic amines) is 1. The van der Waals surface area contributed by atoms with Crippen LogP contribution in [-0.4, -0.2) is 55.1 Å². The molecule has 0 unspecified atom stereocenters. The number of aromatic nitrogens is 1. The Morgan fingerprint density at radius 2 is 1.94 bits per heavy atom. The first-order valence-electron chi connectivity index (χ1n) is 10.2. The van der Waals surface area contributed by atoms with Crippen LogP contribution in [0.5, 0.6) is 0 Å². The van der Waals surface area contributed by atoms with Crippen LogP contribution in [0.25, 0.3) is 10.2 Å². The molecule has 2 aliphatic heterocycles. The lowest BCUT2D eigenvalue weighted by Gasteiger charge is -2.35. The number of para-hydroxylation sites is 1. The number of likely N-dealkylation sites (N-methyl/N-ethyl adjacent to an activating group) is 1. The number of amidine groups is 1. The first-order chi connectivity index (χ1) is 14.9. The molecule has 1 amide bonds. The van der Waals surface area contributed by atoms with Crippen molar-refractivity contribution in [2.24, 2.45) is 4.40 Å². The third kappa shape index (κ3) is 3.61. The summed E-state index contributed by atoms with van der Waals surface area (Å²) in [6.07, 6.45) is 2.89. The fraction of sp³-hybridized carbons (Fsp3) is 0.318. The van der Waals surface area contributed by atoms with Gasteiger partial charge in [-0.1, -0.05) is 24.3 Å². The van der Waals surface area contributed by atoms with Gasteiger partial charge in [-0.05, 0) is 43.5 Å². The molecule has 0 spiro atoms. The second-order valence-corrected chi connectivity index (χ2v) is 10.5. The zero-order valence-corrected chi connectivity index (χ0v) is 18.7. The lowest BCUT2D eigenvalue weighted by atomic mass is 10.0. The van der Waals surface area contributed by atoms with Crippen molar-refractivity contribution in [2.75, 3.05) is 20.1 Å². The molecule has 5 rings (SSSR count). The highest BCUT2D eigenvalue weighted by molar-refractivity contribution is 7.90. The number of rotatable bonds is 3. The van der Waals surface area contributed by atoms with Crippen molar-refractivity contribution < 1.29 is 13.2 Å². The molecule has 1 atom stereocenters. The van der Waals surface area contributed by atoms with Crippen LogP contribution in [0.15, 0.2) is 57.8 Å². The van der Waals surface area contributed by atoms with Crippen molar-refractivity contribution in [1.82, 2.24) is 14.8 Å². The molecule has 0 saturated carbocycles. The highest BCUT2D eigenvalue weighted by atomic mass is 32.2. The Kier molecular flexibility index (Phi) is 5.02. The molecule has 160 valence electrons. The fourth-order valence-electron chi connectivity index (χ4n) is 4.25. The summed E-state index contributed by atoms with van der Waals surface area (Å²) in [5.74, 6) is 0.272. The third-order valence-electron chi connectivity index (χ3n) is 5.77. The minimum absolute atomic E-state index is 0.0454. The molecule has 0 bridgehead atoms. The monoisotopic (exact) mass is 454 g/mol. The number of benzene rings is 2. The Morgan fingerprint density at radius 3 is 2.77 bits per heavy atom. The number of thiazole rings is 1. The second kappa shape index (κ2) is 7.72. The predicted octanol–water partition coefficient (Wildman–Crippen LogP) is 3.43. The van der Waals surface area contributed by atoms with E-state index in [1.165, 1.54) is 0 Å². The standard InChI is InChI=1S/C22H22N4O3S2/c1-25(21-15-8-2-5-12-19(15)31(28,29)24-21)14-20(27)26-13-7-6-10-17(26)22-23-16-9-3-4-11-18(16)30-22/h2-5,8-9,11-12,17H,6-7,10,13-14H2,1H3/t17-/m0/s1. The van der Waals surface area contributed by atoms with Gasteiger partial charge < -0.3 is 9.80 Å². The first-order valence-corrected chi connectivity index (χ1v) is 12.5. The summed E-state index contributed by atoms with van der Waals surface area (Å²) in [7, 11) is -2.00. The molecule has 0 N–H and O–H groups in total. The topological polar surface area (TPSA) is 82.9 Å². The van der Waals surface area contributed by atoms with Gasteiger partial charge in [0.2, 0.25) is 5.91 Å². The number of carbonyl (C=O) groups excluding carboxylic acids is 1. The van der Waals surface area contributed by atoms with E-state index in [4.69, 9.17) is 4.98 Å². The normalized spacial score (nSPS) is 19.8. The molecule has 0 radical (unpaired) electrons. The summed E-state index contributed by atoms with van der Waals surface area (Å²) in [6, 6.07) is 14.7. The van der Waals surface area contributed by atoms with Crippen molar-refractivity contribution in [3.05, 3.63) is 59.1 Å². The maximum atomic E-state index is 13.3. The number of nitrogens with zero attached hydrogens (tertiary/aromatic N) is 4. The predicted molar refractivity (Wildman–Crippen MR) is 121 cm³/mol. The summed E-state index contributed by atoms with van der Waals surface area (Å²) in [4.78, 5) is 21.8. The molecule has 7 nitrogen and oxygen atoms in total. The maximum Gasteiger partial charge on any atom is 0.285 e. The molecule has 2 aliphatic rings. The van der Waals surface area contributed by atoms with E-state index in [0.29, 0.717) is 17.9 Å². The average molecular weight is 455 g/mol. The van der Waals surface area contributed by atoms with E-state index in [2.05, 4.69) is 10.5 Å². The number of hydrogen-bond acceptors (Lipinski definition) is 6. The highest BCUT2D eigenvalue weighted by Gasteiger charge is 2.34. The van der Waals surface area contributed by atoms with Crippen molar-refractivity contribution in [3.8, 4) is 0 Å². The number of hydrogen-bond donors (Lipinski definition) is 0. The minimum atomic E-state index is -3.72. The summed E-state index contributed by atoms with van der Waals surface area (Å²) < 4.78 is 29.8. The van der Waals surface area contributed by atoms with Gasteiger partial charge >= 0.3 is 0 Å². The average Bonchev–Trinajstić information content (AvgIpc) is 3.33. The molecule has 1 aromatic heterocycles. The number of piperidine rings is 1. The Balaban J connectivity index is 1.39. The van der Waals surface area contributed by atoms with E-state index >= 15 is 0 Å². The Labute approximate surface area is 185 Å². The number of fused-ring (bicyclic) bond motifs is 2. The smallest absolute Gasteiger partial charge is 0.285 e. The van der Waals surface area contributed by atoms with E-state index in [-0.39, 0.29) is 23.4 Å². The van der Waals surface area contributed by atoms with Crippen LogP contribution in [0.4, 0.5) is 0 Å². The summed E-state index contributed by atoms with van der Waals surface area (Å²) in [5, 5.41) is 0.961. The summed E-state index contributed by atoms with van der Waals surface area (Å²) >= 11 is 1.64. The Morgan fingerprint density at radius 1 is 1.16 bits per heavy atom. The van der Waals surface area contributed by atoms with Crippen molar-refractivity contribution in [3.63, 3.8) is 0 Å². The van der Waals surface area contributed by atoms with Crippen LogP contribution in [0.1, 0.15) is 35.9 Å². The molecular formula is C22H22N4O3S2. The van der Waals surface area contributed by atoms with E-state index in [9.17, 15) is 13.2 Å². The molecule has 1 fully saturated rings. The van der Waals surface area contributed by atoms with Gasteiger partial charge in [-0.15, -0.1) is 15.7 Å². The molecular weight excluding hydrogens is 432 g/mol. The van der Waals surface area contributed by atoms with Crippen LogP contribution in [-0.2, 0) is 14.8 Å². The lowest BCUT2D eigenvalue weighted by Crippen LogP contribution is -2.44. The molecule has 2 aromatic carbocycles. The van der Waals surface area contributed by atoms with Crippen molar-refractivity contribution in [2.45, 2.75) is 30.2 Å². The molecule has 1 saturated heterocycles. The van der Waals surface area contributed by atoms with Gasteiger partial charge in [-0.3, -0.25) is 4.79 Å². The van der Waals surface area contributed by atoms with Crippen LogP contribution in [0.3, 0.4) is 0 Å². The van der Waals surface area contributed by atoms with Gasteiger partial charge in [0.25, 0.3) is 10.0 Å². The quantitative estimate of drug-likeness (QED) is 0.606. The molecule has 3 heterocycles. The molecule has 3 aromatic rings. The number of amides is 1. The second-order valence-electron chi connectivity index (χ2n) is 7.86. The summed E-state index contributed by atoms with van der Waals surface area (Å²) in [5.41, 5.74) is 1.50. The third-order valence-corrected chi connectivity index (χ3v) is 8.23. The maximum absolute atomic E-state index is 13.3. The van der Waals surface area contributed by atoms with E-state index in [1.54, 1.807) is 47.5 Å². The Hall–Kier alpha value is -2.78. The first kappa shape index (κ1) is 20.1. The molecule has 9 heteroatoms.